The van der Waals surface area contributed by atoms with Gasteiger partial charge in [0.05, 0.1) is 18.1 Å². The van der Waals surface area contributed by atoms with Gasteiger partial charge in [0, 0.05) is 19.4 Å². The van der Waals surface area contributed by atoms with Gasteiger partial charge in [0.25, 0.3) is 5.88 Å². The van der Waals surface area contributed by atoms with E-state index in [1.54, 1.807) is 6.92 Å². The molecule has 8 nitrogen and oxygen atoms in total. The van der Waals surface area contributed by atoms with Crippen LogP contribution < -0.4 is 10.1 Å². The fourth-order valence-corrected chi connectivity index (χ4v) is 2.10. The summed E-state index contributed by atoms with van der Waals surface area (Å²) >= 11 is 0. The van der Waals surface area contributed by atoms with E-state index in [4.69, 9.17) is 9.47 Å². The molecule has 21 heavy (non-hydrogen) atoms. The van der Waals surface area contributed by atoms with E-state index < -0.39 is 4.92 Å². The van der Waals surface area contributed by atoms with Crippen LogP contribution in [0.4, 0.5) is 11.6 Å². The molecule has 116 valence electrons. The molecule has 0 amide bonds. The molecule has 0 aromatic carbocycles. The predicted molar refractivity (Wildman–Crippen MR) is 76.7 cm³/mol. The molecule has 1 aromatic heterocycles. The van der Waals surface area contributed by atoms with Crippen molar-refractivity contribution >= 4 is 11.6 Å². The summed E-state index contributed by atoms with van der Waals surface area (Å²) in [5.41, 5.74) is 0.138. The summed E-state index contributed by atoms with van der Waals surface area (Å²) in [6.45, 7) is 5.51. The van der Waals surface area contributed by atoms with Crippen molar-refractivity contribution in [2.45, 2.75) is 39.2 Å². The minimum Gasteiger partial charge on any atom is -0.469 e. The van der Waals surface area contributed by atoms with Crippen molar-refractivity contribution in [3.05, 3.63) is 15.8 Å². The third kappa shape index (κ3) is 4.01. The molecule has 1 saturated heterocycles. The summed E-state index contributed by atoms with van der Waals surface area (Å²) in [4.78, 5) is 19.0. The maximum atomic E-state index is 11.2. The first-order valence-corrected chi connectivity index (χ1v) is 7.13. The second-order valence-electron chi connectivity index (χ2n) is 4.90. The molecule has 8 heteroatoms. The van der Waals surface area contributed by atoms with E-state index in [-0.39, 0.29) is 17.7 Å². The van der Waals surface area contributed by atoms with Crippen LogP contribution in [-0.4, -0.2) is 40.8 Å². The van der Waals surface area contributed by atoms with Crippen molar-refractivity contribution in [2.24, 2.45) is 0 Å². The van der Waals surface area contributed by atoms with Gasteiger partial charge in [0.2, 0.25) is 5.95 Å². The smallest absolute Gasteiger partial charge is 0.352 e. The van der Waals surface area contributed by atoms with Crippen molar-refractivity contribution in [1.82, 2.24) is 9.97 Å². The Morgan fingerprint density at radius 3 is 2.76 bits per heavy atom. The van der Waals surface area contributed by atoms with E-state index in [1.807, 2.05) is 6.92 Å². The average molecular weight is 296 g/mol. The molecule has 0 atom stereocenters. The lowest BCUT2D eigenvalue weighted by atomic mass is 10.1. The molecule has 1 aliphatic heterocycles. The van der Waals surface area contributed by atoms with Gasteiger partial charge in [0.1, 0.15) is 11.8 Å². The van der Waals surface area contributed by atoms with Gasteiger partial charge in [-0.25, -0.2) is 4.98 Å². The van der Waals surface area contributed by atoms with Crippen LogP contribution in [0.5, 0.6) is 5.88 Å². The van der Waals surface area contributed by atoms with Gasteiger partial charge >= 0.3 is 5.69 Å². The van der Waals surface area contributed by atoms with Gasteiger partial charge < -0.3 is 14.8 Å². The first-order valence-electron chi connectivity index (χ1n) is 7.13. The van der Waals surface area contributed by atoms with Crippen molar-refractivity contribution in [3.63, 3.8) is 0 Å². The first kappa shape index (κ1) is 15.4. The Hall–Kier alpha value is -1.96. The number of aryl methyl sites for hydroxylation is 1. The number of nitrogens with zero attached hydrogens (tertiary/aromatic N) is 3. The third-order valence-electron chi connectivity index (χ3n) is 3.19. The molecule has 2 heterocycles. The van der Waals surface area contributed by atoms with Crippen molar-refractivity contribution < 1.29 is 14.4 Å². The van der Waals surface area contributed by atoms with Crippen LogP contribution in [0.15, 0.2) is 0 Å². The van der Waals surface area contributed by atoms with Crippen LogP contribution >= 0.6 is 0 Å². The van der Waals surface area contributed by atoms with Gasteiger partial charge in [-0.15, -0.1) is 0 Å². The van der Waals surface area contributed by atoms with Crippen LogP contribution in [0.2, 0.25) is 0 Å². The molecule has 1 aliphatic rings. The lowest BCUT2D eigenvalue weighted by molar-refractivity contribution is -0.387. The van der Waals surface area contributed by atoms with E-state index >= 15 is 0 Å². The number of hydrogen-bond acceptors (Lipinski definition) is 7. The van der Waals surface area contributed by atoms with E-state index in [2.05, 4.69) is 15.3 Å². The minimum atomic E-state index is -0.492. The van der Waals surface area contributed by atoms with Gasteiger partial charge in [-0.3, -0.25) is 10.1 Å². The fourth-order valence-electron chi connectivity index (χ4n) is 2.10. The quantitative estimate of drug-likeness (QED) is 0.633. The predicted octanol–water partition coefficient (Wildman–Crippen LogP) is 2.07. The van der Waals surface area contributed by atoms with E-state index in [1.165, 1.54) is 0 Å². The molecular weight excluding hydrogens is 276 g/mol. The number of hydrogen-bond donors (Lipinski definition) is 1. The Balaban J connectivity index is 2.25. The Bertz CT molecular complexity index is 503. The summed E-state index contributed by atoms with van der Waals surface area (Å²) in [7, 11) is 0. The zero-order chi connectivity index (χ0) is 15.2. The topological polar surface area (TPSA) is 99.4 Å². The second kappa shape index (κ2) is 7.16. The van der Waals surface area contributed by atoms with E-state index in [9.17, 15) is 10.1 Å². The van der Waals surface area contributed by atoms with Crippen molar-refractivity contribution in [2.75, 3.05) is 25.1 Å². The molecule has 0 aliphatic carbocycles. The maximum absolute atomic E-state index is 11.2. The molecule has 0 radical (unpaired) electrons. The molecule has 1 N–H and O–H groups in total. The molecule has 0 bridgehead atoms. The summed E-state index contributed by atoms with van der Waals surface area (Å²) < 4.78 is 11.0. The monoisotopic (exact) mass is 296 g/mol. The highest BCUT2D eigenvalue weighted by Crippen LogP contribution is 2.30. The molecule has 0 spiro atoms. The lowest BCUT2D eigenvalue weighted by Crippen LogP contribution is -2.27. The van der Waals surface area contributed by atoms with Crippen molar-refractivity contribution in [1.29, 1.82) is 0 Å². The zero-order valence-electron chi connectivity index (χ0n) is 12.3. The fraction of sp³-hybridized carbons (Fsp3) is 0.692. The first-order chi connectivity index (χ1) is 10.1. The normalized spacial score (nSPS) is 15.7. The summed E-state index contributed by atoms with van der Waals surface area (Å²) in [6, 6.07) is 0. The molecule has 0 unspecified atom stereocenters. The van der Waals surface area contributed by atoms with Crippen molar-refractivity contribution in [3.8, 4) is 5.88 Å². The van der Waals surface area contributed by atoms with Crippen LogP contribution in [-0.2, 0) is 4.74 Å². The number of anilines is 1. The van der Waals surface area contributed by atoms with Gasteiger partial charge in [-0.2, -0.15) is 4.98 Å². The minimum absolute atomic E-state index is 0.0398. The number of ether oxygens (including phenoxy) is 2. The Morgan fingerprint density at radius 1 is 1.43 bits per heavy atom. The molecular formula is C13H20N4O4. The molecule has 0 saturated carbocycles. The summed E-state index contributed by atoms with van der Waals surface area (Å²) in [6.07, 6.45) is 2.22. The largest absolute Gasteiger partial charge is 0.469 e. The van der Waals surface area contributed by atoms with Crippen LogP contribution in [0, 0.1) is 17.0 Å². The number of rotatable bonds is 6. The standard InChI is InChI=1S/C13H20N4O4/c1-3-6-14-13-15-9(2)11(17(18)19)12(16-13)21-10-4-7-20-8-5-10/h10H,3-8H2,1-2H3,(H,14,15,16). The molecule has 2 rings (SSSR count). The van der Waals surface area contributed by atoms with E-state index in [0.717, 1.165) is 6.42 Å². The highest BCUT2D eigenvalue weighted by Gasteiger charge is 2.27. The maximum Gasteiger partial charge on any atom is 0.352 e. The summed E-state index contributed by atoms with van der Waals surface area (Å²) in [5.74, 6) is 0.403. The van der Waals surface area contributed by atoms with Gasteiger partial charge in [0.15, 0.2) is 0 Å². The van der Waals surface area contributed by atoms with E-state index in [0.29, 0.717) is 44.2 Å². The van der Waals surface area contributed by atoms with Crippen LogP contribution in [0.1, 0.15) is 31.9 Å². The highest BCUT2D eigenvalue weighted by atomic mass is 16.6. The molecule has 1 aromatic rings. The number of aromatic nitrogens is 2. The third-order valence-corrected chi connectivity index (χ3v) is 3.19. The van der Waals surface area contributed by atoms with Crippen LogP contribution in [0.25, 0.3) is 0 Å². The lowest BCUT2D eigenvalue weighted by Gasteiger charge is -2.22. The van der Waals surface area contributed by atoms with Gasteiger partial charge in [-0.1, -0.05) is 6.92 Å². The summed E-state index contributed by atoms with van der Waals surface area (Å²) in [5, 5.41) is 14.2. The zero-order valence-corrected chi connectivity index (χ0v) is 12.3. The Morgan fingerprint density at radius 2 is 2.14 bits per heavy atom. The highest BCUT2D eigenvalue weighted by molar-refractivity contribution is 5.48. The number of nitrogens with one attached hydrogen (secondary N) is 1. The van der Waals surface area contributed by atoms with Gasteiger partial charge in [-0.05, 0) is 13.3 Å². The number of nitro groups is 1. The van der Waals surface area contributed by atoms with Crippen LogP contribution in [0.3, 0.4) is 0 Å². The average Bonchev–Trinajstić information content (AvgIpc) is 2.45. The Labute approximate surface area is 123 Å². The second-order valence-corrected chi connectivity index (χ2v) is 4.90. The molecule has 1 fully saturated rings. The SMILES string of the molecule is CCCNc1nc(C)c([N+](=O)[O-])c(OC2CCOCC2)n1. The Kier molecular flexibility index (Phi) is 5.26.